The minimum atomic E-state index is -5.70. The van der Waals surface area contributed by atoms with E-state index in [0.717, 1.165) is 38.5 Å². The fraction of sp³-hybridized carbons (Fsp3) is 0.909. The highest BCUT2D eigenvalue weighted by molar-refractivity contribution is 7.91. The lowest BCUT2D eigenvalue weighted by atomic mass is 9.97. The van der Waals surface area contributed by atoms with E-state index in [1.54, 1.807) is 0 Å². The standard InChI is InChI=1S/C11H18F3NO3S/c12-11(13,14)19(17,18)15-10(16)9-7-5-3-1-2-4-6-8-9/h9H,1-8H2,(H,15,16)/p-1. The first-order valence-corrected chi connectivity index (χ1v) is 7.76. The van der Waals surface area contributed by atoms with Gasteiger partial charge in [-0.05, 0) is 24.7 Å². The Morgan fingerprint density at radius 2 is 1.42 bits per heavy atom. The number of alkyl halides is 3. The van der Waals surface area contributed by atoms with Crippen molar-refractivity contribution in [2.24, 2.45) is 10.3 Å². The van der Waals surface area contributed by atoms with E-state index in [9.17, 15) is 26.7 Å². The third kappa shape index (κ3) is 5.00. The molecule has 1 saturated carbocycles. The van der Waals surface area contributed by atoms with Crippen LogP contribution < -0.4 is 5.11 Å². The molecule has 1 fully saturated rings. The van der Waals surface area contributed by atoms with Crippen LogP contribution in [0.15, 0.2) is 4.40 Å². The molecule has 0 heterocycles. The maximum absolute atomic E-state index is 12.1. The minimum absolute atomic E-state index is 0.412. The number of hydrogen-bond acceptors (Lipinski definition) is 3. The molecule has 0 aromatic rings. The average molecular weight is 300 g/mol. The molecule has 0 aromatic heterocycles. The second-order valence-corrected chi connectivity index (χ2v) is 6.34. The summed E-state index contributed by atoms with van der Waals surface area (Å²) < 4.78 is 60.5. The number of rotatable bonds is 2. The Hall–Kier alpha value is -0.790. The van der Waals surface area contributed by atoms with E-state index >= 15 is 0 Å². The molecule has 0 spiro atoms. The average Bonchev–Trinajstić information content (AvgIpc) is 2.39. The fourth-order valence-corrected chi connectivity index (χ4v) is 2.61. The van der Waals surface area contributed by atoms with Gasteiger partial charge in [0.05, 0.1) is 0 Å². The lowest BCUT2D eigenvalue weighted by molar-refractivity contribution is -0.224. The van der Waals surface area contributed by atoms with Crippen molar-refractivity contribution in [1.29, 1.82) is 0 Å². The zero-order valence-corrected chi connectivity index (χ0v) is 11.3. The molecule has 0 amide bonds. The van der Waals surface area contributed by atoms with E-state index in [1.807, 2.05) is 0 Å². The van der Waals surface area contributed by atoms with Crippen LogP contribution in [0.1, 0.15) is 51.4 Å². The first-order chi connectivity index (χ1) is 8.74. The highest BCUT2D eigenvalue weighted by Crippen LogP contribution is 2.27. The van der Waals surface area contributed by atoms with Gasteiger partial charge >= 0.3 is 15.5 Å². The zero-order chi connectivity index (χ0) is 14.5. The second-order valence-electron chi connectivity index (χ2n) is 4.75. The Bertz CT molecular complexity index is 407. The summed E-state index contributed by atoms with van der Waals surface area (Å²) in [5.41, 5.74) is -5.50. The highest BCUT2D eigenvalue weighted by atomic mass is 32.2. The highest BCUT2D eigenvalue weighted by Gasteiger charge is 2.45. The zero-order valence-electron chi connectivity index (χ0n) is 10.4. The van der Waals surface area contributed by atoms with E-state index in [2.05, 4.69) is 4.40 Å². The molecule has 0 aliphatic heterocycles. The van der Waals surface area contributed by atoms with E-state index in [-0.39, 0.29) is 0 Å². The maximum Gasteiger partial charge on any atom is 0.518 e. The van der Waals surface area contributed by atoms with E-state index in [1.165, 1.54) is 0 Å². The summed E-state index contributed by atoms with van der Waals surface area (Å²) in [4.78, 5) is 0. The lowest BCUT2D eigenvalue weighted by Crippen LogP contribution is -2.32. The van der Waals surface area contributed by atoms with Gasteiger partial charge in [0.15, 0.2) is 0 Å². The van der Waals surface area contributed by atoms with Crippen molar-refractivity contribution in [2.75, 3.05) is 0 Å². The normalized spacial score (nSPS) is 21.5. The van der Waals surface area contributed by atoms with Crippen LogP contribution >= 0.6 is 0 Å². The van der Waals surface area contributed by atoms with Crippen molar-refractivity contribution in [3.63, 3.8) is 0 Å². The molecule has 0 bridgehead atoms. The van der Waals surface area contributed by atoms with Gasteiger partial charge in [-0.15, -0.1) is 0 Å². The summed E-state index contributed by atoms with van der Waals surface area (Å²) in [6.45, 7) is 0. The third-order valence-electron chi connectivity index (χ3n) is 3.21. The quantitative estimate of drug-likeness (QED) is 0.580. The van der Waals surface area contributed by atoms with Gasteiger partial charge in [-0.1, -0.05) is 38.5 Å². The number of sulfonamides is 1. The summed E-state index contributed by atoms with van der Waals surface area (Å²) in [6.07, 6.45) is 6.17. The van der Waals surface area contributed by atoms with Gasteiger partial charge in [-0.3, -0.25) is 0 Å². The largest absolute Gasteiger partial charge is 0.861 e. The van der Waals surface area contributed by atoms with Crippen LogP contribution in [-0.2, 0) is 10.0 Å². The monoisotopic (exact) mass is 300 g/mol. The second kappa shape index (κ2) is 6.58. The predicted molar refractivity (Wildman–Crippen MR) is 62.8 cm³/mol. The van der Waals surface area contributed by atoms with Gasteiger partial charge in [-0.2, -0.15) is 26.0 Å². The summed E-state index contributed by atoms with van der Waals surface area (Å²) in [5, 5.41) is 11.6. The summed E-state index contributed by atoms with van der Waals surface area (Å²) in [5.74, 6) is -1.85. The van der Waals surface area contributed by atoms with Crippen LogP contribution in [0, 0.1) is 5.92 Å². The molecule has 0 N–H and O–H groups in total. The number of halogens is 3. The molecule has 19 heavy (non-hydrogen) atoms. The molecule has 0 saturated heterocycles. The molecule has 4 nitrogen and oxygen atoms in total. The molecular weight excluding hydrogens is 283 g/mol. The van der Waals surface area contributed by atoms with Crippen molar-refractivity contribution in [3.05, 3.63) is 0 Å². The summed E-state index contributed by atoms with van der Waals surface area (Å²) in [6, 6.07) is 0. The topological polar surface area (TPSA) is 69.6 Å². The minimum Gasteiger partial charge on any atom is -0.861 e. The number of hydrogen-bond donors (Lipinski definition) is 0. The first-order valence-electron chi connectivity index (χ1n) is 6.32. The van der Waals surface area contributed by atoms with Gasteiger partial charge in [0.2, 0.25) is 0 Å². The first kappa shape index (κ1) is 16.3. The van der Waals surface area contributed by atoms with Crippen molar-refractivity contribution in [1.82, 2.24) is 0 Å². The van der Waals surface area contributed by atoms with Crippen molar-refractivity contribution >= 4 is 15.9 Å². The Balaban J connectivity index is 2.81. The summed E-state index contributed by atoms with van der Waals surface area (Å²) in [7, 11) is -5.70. The van der Waals surface area contributed by atoms with E-state index in [0.29, 0.717) is 12.8 Å². The maximum atomic E-state index is 12.1. The molecule has 1 aliphatic rings. The Morgan fingerprint density at radius 3 is 1.84 bits per heavy atom. The Morgan fingerprint density at radius 1 is 1.00 bits per heavy atom. The predicted octanol–water partition coefficient (Wildman–Crippen LogP) is 2.35. The van der Waals surface area contributed by atoms with E-state index < -0.39 is 27.3 Å². The lowest BCUT2D eigenvalue weighted by Gasteiger charge is -2.22. The van der Waals surface area contributed by atoms with Gasteiger partial charge in [0, 0.05) is 0 Å². The third-order valence-corrected chi connectivity index (χ3v) is 4.21. The van der Waals surface area contributed by atoms with Gasteiger partial charge in [0.1, 0.15) is 0 Å². The van der Waals surface area contributed by atoms with E-state index in [4.69, 9.17) is 0 Å². The molecular formula is C11H17F3NO3S-. The van der Waals surface area contributed by atoms with Crippen LogP contribution in [0.5, 0.6) is 0 Å². The Kier molecular flexibility index (Phi) is 5.64. The van der Waals surface area contributed by atoms with Crippen molar-refractivity contribution < 1.29 is 26.7 Å². The van der Waals surface area contributed by atoms with Crippen molar-refractivity contribution in [2.45, 2.75) is 56.9 Å². The summed E-state index contributed by atoms with van der Waals surface area (Å²) >= 11 is 0. The molecule has 1 rings (SSSR count). The fourth-order valence-electron chi connectivity index (χ4n) is 2.12. The van der Waals surface area contributed by atoms with Gasteiger partial charge in [-0.25, -0.2) is 0 Å². The van der Waals surface area contributed by atoms with Crippen LogP contribution in [0.25, 0.3) is 0 Å². The van der Waals surface area contributed by atoms with Crippen LogP contribution in [0.4, 0.5) is 13.2 Å². The SMILES string of the molecule is O=S(=O)(/N=C(\[O-])C1CCCCCCCC1)C(F)(F)F. The Labute approximate surface area is 110 Å². The van der Waals surface area contributed by atoms with Crippen molar-refractivity contribution in [3.8, 4) is 0 Å². The molecule has 0 radical (unpaired) electrons. The molecule has 0 aromatic carbocycles. The van der Waals surface area contributed by atoms with Gasteiger partial charge in [0.25, 0.3) is 0 Å². The molecule has 1 aliphatic carbocycles. The van der Waals surface area contributed by atoms with Gasteiger partial charge < -0.3 is 5.11 Å². The number of nitrogens with zero attached hydrogens (tertiary/aromatic N) is 1. The van der Waals surface area contributed by atoms with Crippen LogP contribution in [0.2, 0.25) is 0 Å². The van der Waals surface area contributed by atoms with Crippen LogP contribution in [-0.4, -0.2) is 19.8 Å². The molecule has 8 heteroatoms. The molecule has 0 unspecified atom stereocenters. The molecule has 0 atom stereocenters. The smallest absolute Gasteiger partial charge is 0.518 e. The molecule has 112 valence electrons. The van der Waals surface area contributed by atoms with Crippen LogP contribution in [0.3, 0.4) is 0 Å².